The summed E-state index contributed by atoms with van der Waals surface area (Å²) in [4.78, 5) is 16.9. The van der Waals surface area contributed by atoms with Crippen molar-refractivity contribution in [2.75, 3.05) is 26.2 Å². The van der Waals surface area contributed by atoms with E-state index in [1.807, 2.05) is 41.3 Å². The predicted molar refractivity (Wildman–Crippen MR) is 105 cm³/mol. The topological polar surface area (TPSA) is 23.6 Å². The molecule has 0 radical (unpaired) electrons. The van der Waals surface area contributed by atoms with Crippen molar-refractivity contribution in [3.63, 3.8) is 0 Å². The lowest BCUT2D eigenvalue weighted by Gasteiger charge is -2.40. The highest BCUT2D eigenvalue weighted by molar-refractivity contribution is 6.32. The van der Waals surface area contributed by atoms with Crippen LogP contribution in [0.3, 0.4) is 0 Å². The number of piperazine rings is 1. The van der Waals surface area contributed by atoms with Crippen LogP contribution < -0.4 is 0 Å². The lowest BCUT2D eigenvalue weighted by atomic mass is 9.94. The van der Waals surface area contributed by atoms with Gasteiger partial charge in [0.1, 0.15) is 0 Å². The summed E-state index contributed by atoms with van der Waals surface area (Å²) in [6, 6.07) is 8.43. The third kappa shape index (κ3) is 5.20. The van der Waals surface area contributed by atoms with E-state index >= 15 is 0 Å². The number of carbonyl (C=O) groups excluding carboxylic acids is 1. The molecule has 1 aromatic rings. The Bertz CT molecular complexity index is 627. The third-order valence-electron chi connectivity index (χ3n) is 5.25. The van der Waals surface area contributed by atoms with Crippen LogP contribution >= 0.6 is 11.6 Å². The molecule has 3 rings (SSSR count). The van der Waals surface area contributed by atoms with Crippen LogP contribution in [-0.2, 0) is 4.79 Å². The first-order chi connectivity index (χ1) is 12.2. The number of benzene rings is 1. The van der Waals surface area contributed by atoms with E-state index in [0.717, 1.165) is 42.8 Å². The fourth-order valence-electron chi connectivity index (χ4n) is 3.77. The Morgan fingerprint density at radius 1 is 1.00 bits per heavy atom. The van der Waals surface area contributed by atoms with Crippen LogP contribution in [0.5, 0.6) is 0 Å². The van der Waals surface area contributed by atoms with Crippen molar-refractivity contribution in [3.8, 4) is 0 Å². The Kier molecular flexibility index (Phi) is 6.71. The number of amides is 1. The molecule has 0 unspecified atom stereocenters. The Hall–Kier alpha value is -1.58. The summed E-state index contributed by atoms with van der Waals surface area (Å²) in [5.41, 5.74) is 0.961. The van der Waals surface area contributed by atoms with Gasteiger partial charge < -0.3 is 4.90 Å². The van der Waals surface area contributed by atoms with Gasteiger partial charge in [0, 0.05) is 43.3 Å². The second-order valence-corrected chi connectivity index (χ2v) is 7.30. The van der Waals surface area contributed by atoms with Gasteiger partial charge in [-0.2, -0.15) is 0 Å². The van der Waals surface area contributed by atoms with Crippen LogP contribution in [0.2, 0.25) is 5.02 Å². The van der Waals surface area contributed by atoms with Crippen molar-refractivity contribution in [2.24, 2.45) is 0 Å². The van der Waals surface area contributed by atoms with Gasteiger partial charge in [0.25, 0.3) is 0 Å². The maximum Gasteiger partial charge on any atom is 0.246 e. The monoisotopic (exact) mass is 358 g/mol. The quantitative estimate of drug-likeness (QED) is 0.588. The van der Waals surface area contributed by atoms with Gasteiger partial charge in [0.05, 0.1) is 0 Å². The number of rotatable bonds is 4. The molecule has 1 heterocycles. The molecule has 4 heteroatoms. The van der Waals surface area contributed by atoms with Crippen molar-refractivity contribution in [1.29, 1.82) is 0 Å². The Labute approximate surface area is 155 Å². The molecule has 0 aromatic heterocycles. The molecule has 0 N–H and O–H groups in total. The molecular formula is C21H27ClN2O. The van der Waals surface area contributed by atoms with Gasteiger partial charge in [-0.1, -0.05) is 67.3 Å². The van der Waals surface area contributed by atoms with E-state index in [0.29, 0.717) is 0 Å². The smallest absolute Gasteiger partial charge is 0.246 e. The summed E-state index contributed by atoms with van der Waals surface area (Å²) in [6.07, 6.45) is 14.0. The van der Waals surface area contributed by atoms with Crippen molar-refractivity contribution in [1.82, 2.24) is 9.80 Å². The molecule has 1 aromatic carbocycles. The van der Waals surface area contributed by atoms with Crippen LogP contribution in [0.4, 0.5) is 0 Å². The zero-order valence-electron chi connectivity index (χ0n) is 14.7. The lowest BCUT2D eigenvalue weighted by Crippen LogP contribution is -2.52. The second kappa shape index (κ2) is 9.21. The van der Waals surface area contributed by atoms with E-state index in [4.69, 9.17) is 11.6 Å². The molecule has 1 amide bonds. The average molecular weight is 359 g/mol. The molecule has 1 aliphatic carbocycles. The molecular weight excluding hydrogens is 332 g/mol. The summed E-state index contributed by atoms with van der Waals surface area (Å²) >= 11 is 6.11. The van der Waals surface area contributed by atoms with E-state index in [1.165, 1.54) is 32.1 Å². The molecule has 0 atom stereocenters. The molecule has 3 nitrogen and oxygen atoms in total. The number of allylic oxidation sites excluding steroid dienone is 2. The molecule has 0 bridgehead atoms. The first kappa shape index (κ1) is 18.2. The highest BCUT2D eigenvalue weighted by atomic mass is 35.5. The maximum absolute atomic E-state index is 12.3. The number of hydrogen-bond donors (Lipinski definition) is 0. The summed E-state index contributed by atoms with van der Waals surface area (Å²) in [5.74, 6) is 0.104. The van der Waals surface area contributed by atoms with Gasteiger partial charge in [0.15, 0.2) is 0 Å². The first-order valence-electron chi connectivity index (χ1n) is 9.36. The molecule has 1 saturated heterocycles. The molecule has 25 heavy (non-hydrogen) atoms. The zero-order valence-corrected chi connectivity index (χ0v) is 15.5. The molecule has 1 saturated carbocycles. The van der Waals surface area contributed by atoms with E-state index in [1.54, 1.807) is 12.2 Å². The summed E-state index contributed by atoms with van der Waals surface area (Å²) in [6.45, 7) is 3.71. The number of halogens is 1. The molecule has 2 aliphatic rings. The van der Waals surface area contributed by atoms with Crippen molar-refractivity contribution in [2.45, 2.75) is 38.1 Å². The Morgan fingerprint density at radius 2 is 1.72 bits per heavy atom. The van der Waals surface area contributed by atoms with Gasteiger partial charge >= 0.3 is 0 Å². The number of hydrogen-bond acceptors (Lipinski definition) is 2. The minimum absolute atomic E-state index is 0.104. The first-order valence-corrected chi connectivity index (χ1v) is 9.74. The largest absolute Gasteiger partial charge is 0.337 e. The number of carbonyl (C=O) groups is 1. The van der Waals surface area contributed by atoms with Gasteiger partial charge in [0.2, 0.25) is 5.91 Å². The second-order valence-electron chi connectivity index (χ2n) is 6.89. The van der Waals surface area contributed by atoms with Gasteiger partial charge in [-0.25, -0.2) is 0 Å². The normalized spacial score (nSPS) is 20.6. The van der Waals surface area contributed by atoms with Gasteiger partial charge in [-0.05, 0) is 24.5 Å². The molecule has 134 valence electrons. The van der Waals surface area contributed by atoms with Crippen LogP contribution in [-0.4, -0.2) is 47.9 Å². The van der Waals surface area contributed by atoms with Crippen LogP contribution in [0.1, 0.15) is 37.7 Å². The fourth-order valence-corrected chi connectivity index (χ4v) is 3.97. The number of nitrogens with zero attached hydrogens (tertiary/aromatic N) is 2. The Morgan fingerprint density at radius 3 is 2.44 bits per heavy atom. The SMILES string of the molecule is O=C(C=CC=Cc1ccccc1Cl)N1CCN(C2CCCCC2)CC1. The summed E-state index contributed by atoms with van der Waals surface area (Å²) in [7, 11) is 0. The van der Waals surface area contributed by atoms with Gasteiger partial charge in [-0.3, -0.25) is 9.69 Å². The van der Waals surface area contributed by atoms with E-state index in [9.17, 15) is 4.79 Å². The van der Waals surface area contributed by atoms with Crippen LogP contribution in [0.25, 0.3) is 6.08 Å². The maximum atomic E-state index is 12.3. The van der Waals surface area contributed by atoms with Crippen LogP contribution in [0.15, 0.2) is 42.5 Å². The molecule has 1 aliphatic heterocycles. The minimum Gasteiger partial charge on any atom is -0.337 e. The summed E-state index contributed by atoms with van der Waals surface area (Å²) in [5, 5.41) is 0.720. The summed E-state index contributed by atoms with van der Waals surface area (Å²) < 4.78 is 0. The minimum atomic E-state index is 0.104. The lowest BCUT2D eigenvalue weighted by molar-refractivity contribution is -0.128. The Balaban J connectivity index is 1.45. The molecule has 0 spiro atoms. The van der Waals surface area contributed by atoms with Crippen LogP contribution in [0, 0.1) is 0 Å². The predicted octanol–water partition coefficient (Wildman–Crippen LogP) is 4.39. The average Bonchev–Trinajstić information content (AvgIpc) is 2.67. The standard InChI is InChI=1S/C21H27ClN2O/c22-20-12-6-4-8-18(20)9-5-7-13-21(25)24-16-14-23(15-17-24)19-10-2-1-3-11-19/h4-9,12-13,19H,1-3,10-11,14-17H2. The molecule has 2 fully saturated rings. The van der Waals surface area contributed by atoms with Crippen molar-refractivity contribution >= 4 is 23.6 Å². The highest BCUT2D eigenvalue weighted by Crippen LogP contribution is 2.23. The van der Waals surface area contributed by atoms with E-state index in [2.05, 4.69) is 4.90 Å². The zero-order chi connectivity index (χ0) is 17.5. The van der Waals surface area contributed by atoms with E-state index < -0.39 is 0 Å². The van der Waals surface area contributed by atoms with E-state index in [-0.39, 0.29) is 5.91 Å². The fraction of sp³-hybridized carbons (Fsp3) is 0.476. The third-order valence-corrected chi connectivity index (χ3v) is 5.59. The van der Waals surface area contributed by atoms with Crippen molar-refractivity contribution in [3.05, 3.63) is 53.1 Å². The highest BCUT2D eigenvalue weighted by Gasteiger charge is 2.26. The van der Waals surface area contributed by atoms with Gasteiger partial charge in [-0.15, -0.1) is 0 Å². The van der Waals surface area contributed by atoms with Crippen molar-refractivity contribution < 1.29 is 4.79 Å².